The normalized spacial score (nSPS) is 10.9. The van der Waals surface area contributed by atoms with Crippen LogP contribution < -0.4 is 10.2 Å². The zero-order valence-corrected chi connectivity index (χ0v) is 35.9. The molecule has 0 saturated carbocycles. The topological polar surface area (TPSA) is 80.3 Å². The first-order valence-electron chi connectivity index (χ1n) is 22.9. The molecule has 1 radical (unpaired) electrons. The minimum absolute atomic E-state index is 0. The molecule has 51 heavy (non-hydrogen) atoms. The summed E-state index contributed by atoms with van der Waals surface area (Å²) in [6.07, 6.45) is 54.4. The molecule has 0 heterocycles. The van der Waals surface area contributed by atoms with Gasteiger partial charge in [-0.1, -0.05) is 258 Å². The molecule has 0 rings (SSSR count). The molecule has 0 aliphatic rings. The molecule has 4 nitrogen and oxygen atoms in total. The summed E-state index contributed by atoms with van der Waals surface area (Å²) in [5.74, 6) is -1.80. The summed E-state index contributed by atoms with van der Waals surface area (Å²) >= 11 is 0. The molecule has 0 spiro atoms. The summed E-state index contributed by atoms with van der Waals surface area (Å²) in [4.78, 5) is 20.6. The van der Waals surface area contributed by atoms with Crippen molar-refractivity contribution in [2.45, 2.75) is 284 Å². The fraction of sp³-hybridized carbons (Fsp3) is 0.957. The Morgan fingerprint density at radius 2 is 0.373 bits per heavy atom. The second kappa shape index (κ2) is 51.6. The first-order valence-corrected chi connectivity index (χ1v) is 22.9. The second-order valence-electron chi connectivity index (χ2n) is 15.7. The third kappa shape index (κ3) is 59.0. The number of carbonyl (C=O) groups excluding carboxylic acids is 2. The number of carboxylic acids is 2. The van der Waals surface area contributed by atoms with Gasteiger partial charge in [0.15, 0.2) is 0 Å². The van der Waals surface area contributed by atoms with Crippen LogP contribution in [0.25, 0.3) is 0 Å². The molecular formula is C46H90MnO4. The van der Waals surface area contributed by atoms with Crippen LogP contribution in [0.1, 0.15) is 284 Å². The van der Waals surface area contributed by atoms with Gasteiger partial charge in [-0.05, 0) is 25.7 Å². The Hall–Kier alpha value is -0.541. The molecule has 0 saturated heterocycles. The van der Waals surface area contributed by atoms with Crippen LogP contribution in [0.4, 0.5) is 0 Å². The van der Waals surface area contributed by atoms with Gasteiger partial charge in [-0.3, -0.25) is 0 Å². The van der Waals surface area contributed by atoms with E-state index in [2.05, 4.69) is 13.8 Å². The minimum atomic E-state index is -0.901. The third-order valence-electron chi connectivity index (χ3n) is 10.5. The van der Waals surface area contributed by atoms with Crippen molar-refractivity contribution in [1.29, 1.82) is 0 Å². The summed E-state index contributed by atoms with van der Waals surface area (Å²) < 4.78 is 0. The van der Waals surface area contributed by atoms with Crippen molar-refractivity contribution in [3.05, 3.63) is 0 Å². The number of carbonyl (C=O) groups is 2. The summed E-state index contributed by atoms with van der Waals surface area (Å²) in [5.41, 5.74) is 0. The average molecular weight is 762 g/mol. The molecule has 0 aliphatic heterocycles. The second-order valence-corrected chi connectivity index (χ2v) is 15.7. The average Bonchev–Trinajstić information content (AvgIpc) is 3.10. The van der Waals surface area contributed by atoms with E-state index in [0.717, 1.165) is 25.7 Å². The summed E-state index contributed by atoms with van der Waals surface area (Å²) in [6.45, 7) is 4.57. The monoisotopic (exact) mass is 762 g/mol. The first kappa shape index (κ1) is 54.8. The maximum Gasteiger partial charge on any atom is 2.00 e. The molecule has 0 aromatic rings. The van der Waals surface area contributed by atoms with Crippen molar-refractivity contribution < 1.29 is 36.9 Å². The van der Waals surface area contributed by atoms with Crippen molar-refractivity contribution in [2.24, 2.45) is 0 Å². The zero-order valence-electron chi connectivity index (χ0n) is 34.7. The largest absolute Gasteiger partial charge is 2.00 e. The van der Waals surface area contributed by atoms with E-state index in [4.69, 9.17) is 0 Å². The van der Waals surface area contributed by atoms with Gasteiger partial charge < -0.3 is 19.8 Å². The van der Waals surface area contributed by atoms with Crippen LogP contribution in [0.15, 0.2) is 0 Å². The minimum Gasteiger partial charge on any atom is -0.550 e. The van der Waals surface area contributed by atoms with Gasteiger partial charge in [-0.25, -0.2) is 0 Å². The smallest absolute Gasteiger partial charge is 0.550 e. The SMILES string of the molecule is CCCCCCCCCCCCCCCCCCCCCCC(=O)[O-].CCCCCCCCCCCCCCCCCCCCCCC(=O)[O-].[Mn+2]. The number of hydrogen-bond acceptors (Lipinski definition) is 4. The van der Waals surface area contributed by atoms with Gasteiger partial charge in [-0.2, -0.15) is 0 Å². The molecule has 0 N–H and O–H groups in total. The fourth-order valence-corrected chi connectivity index (χ4v) is 7.05. The van der Waals surface area contributed by atoms with Crippen LogP contribution in [0, 0.1) is 0 Å². The summed E-state index contributed by atoms with van der Waals surface area (Å²) in [7, 11) is 0. The van der Waals surface area contributed by atoms with Crippen molar-refractivity contribution >= 4 is 11.9 Å². The molecule has 305 valence electrons. The first-order chi connectivity index (χ1) is 24.5. The van der Waals surface area contributed by atoms with Gasteiger partial charge in [-0.15, -0.1) is 0 Å². The Kier molecular flexibility index (Phi) is 55.4. The maximum atomic E-state index is 10.3. The van der Waals surface area contributed by atoms with E-state index in [1.54, 1.807) is 0 Å². The van der Waals surface area contributed by atoms with Crippen LogP contribution in [0.5, 0.6) is 0 Å². The zero-order chi connectivity index (χ0) is 36.9. The molecule has 0 aromatic carbocycles. The Morgan fingerprint density at radius 3 is 0.490 bits per heavy atom. The van der Waals surface area contributed by atoms with Crippen molar-refractivity contribution in [3.63, 3.8) is 0 Å². The van der Waals surface area contributed by atoms with Crippen LogP contribution in [0.2, 0.25) is 0 Å². The molecule has 0 aromatic heterocycles. The Labute approximate surface area is 331 Å². The number of aliphatic carboxylic acids is 2. The van der Waals surface area contributed by atoms with Gasteiger partial charge in [0, 0.05) is 11.9 Å². The molecule has 0 fully saturated rings. The molecule has 5 heteroatoms. The fourth-order valence-electron chi connectivity index (χ4n) is 7.05. The van der Waals surface area contributed by atoms with Crippen molar-refractivity contribution in [2.75, 3.05) is 0 Å². The molecule has 0 amide bonds. The predicted molar refractivity (Wildman–Crippen MR) is 215 cm³/mol. The molecule has 0 atom stereocenters. The van der Waals surface area contributed by atoms with Crippen LogP contribution in [-0.2, 0) is 26.7 Å². The quantitative estimate of drug-likeness (QED) is 0.0458. The van der Waals surface area contributed by atoms with E-state index >= 15 is 0 Å². The number of rotatable bonds is 42. The maximum absolute atomic E-state index is 10.3. The van der Waals surface area contributed by atoms with E-state index in [9.17, 15) is 19.8 Å². The van der Waals surface area contributed by atoms with Gasteiger partial charge in [0.1, 0.15) is 0 Å². The van der Waals surface area contributed by atoms with Crippen LogP contribution in [-0.4, -0.2) is 11.9 Å². The third-order valence-corrected chi connectivity index (χ3v) is 10.5. The van der Waals surface area contributed by atoms with Crippen LogP contribution >= 0.6 is 0 Å². The number of hydrogen-bond donors (Lipinski definition) is 0. The van der Waals surface area contributed by atoms with Gasteiger partial charge in [0.05, 0.1) is 0 Å². The van der Waals surface area contributed by atoms with E-state index in [1.807, 2.05) is 0 Å². The molecule has 0 aliphatic carbocycles. The molecule has 0 bridgehead atoms. The van der Waals surface area contributed by atoms with Crippen molar-refractivity contribution in [3.8, 4) is 0 Å². The number of carboxylic acid groups (broad SMARTS) is 2. The molecule has 0 unspecified atom stereocenters. The summed E-state index contributed by atoms with van der Waals surface area (Å²) in [6, 6.07) is 0. The van der Waals surface area contributed by atoms with Gasteiger partial charge in [0.2, 0.25) is 0 Å². The Balaban J connectivity index is -0.000000886. The Bertz CT molecular complexity index is 587. The number of unbranched alkanes of at least 4 members (excludes halogenated alkanes) is 38. The van der Waals surface area contributed by atoms with E-state index in [-0.39, 0.29) is 29.9 Å². The van der Waals surface area contributed by atoms with Crippen molar-refractivity contribution in [1.82, 2.24) is 0 Å². The van der Waals surface area contributed by atoms with Gasteiger partial charge in [0.25, 0.3) is 0 Å². The standard InChI is InChI=1S/2C23H46O2.Mn/c2*1-2-3-4-5-6-7-8-9-10-11-12-13-14-15-16-17-18-19-20-21-22-23(24)25;/h2*2-22H2,1H3,(H,24,25);/q;;+2/p-2. The molecular weight excluding hydrogens is 671 g/mol. The summed E-state index contributed by atoms with van der Waals surface area (Å²) in [5, 5.41) is 20.6. The van der Waals surface area contributed by atoms with E-state index in [1.165, 1.54) is 231 Å². The van der Waals surface area contributed by atoms with Gasteiger partial charge >= 0.3 is 17.1 Å². The van der Waals surface area contributed by atoms with E-state index in [0.29, 0.717) is 0 Å². The Morgan fingerprint density at radius 1 is 0.255 bits per heavy atom. The van der Waals surface area contributed by atoms with E-state index < -0.39 is 11.9 Å². The van der Waals surface area contributed by atoms with Crippen LogP contribution in [0.3, 0.4) is 0 Å². The predicted octanol–water partition coefficient (Wildman–Crippen LogP) is 13.9.